The van der Waals surface area contributed by atoms with Gasteiger partial charge in [-0.15, -0.1) is 13.2 Å². The van der Waals surface area contributed by atoms with Gasteiger partial charge in [-0.25, -0.2) is 0 Å². The minimum Gasteiger partial charge on any atom is -0.404 e. The number of nitrogens with zero attached hydrogens (tertiary/aromatic N) is 1. The number of rotatable bonds is 3. The molecule has 0 aliphatic heterocycles. The van der Waals surface area contributed by atoms with E-state index in [-0.39, 0.29) is 11.4 Å². The first-order chi connectivity index (χ1) is 9.49. The van der Waals surface area contributed by atoms with Crippen molar-refractivity contribution in [3.63, 3.8) is 0 Å². The SMILES string of the molecule is N#Cc1ccccc1Nc1ccccc1OC(F)(F)F. The minimum atomic E-state index is -4.77. The van der Waals surface area contributed by atoms with Crippen LogP contribution in [0, 0.1) is 11.3 Å². The lowest BCUT2D eigenvalue weighted by Crippen LogP contribution is -2.17. The number of hydrogen-bond acceptors (Lipinski definition) is 3. The van der Waals surface area contributed by atoms with Crippen LogP contribution in [-0.4, -0.2) is 6.36 Å². The van der Waals surface area contributed by atoms with Crippen molar-refractivity contribution in [3.8, 4) is 11.8 Å². The minimum absolute atomic E-state index is 0.132. The fourth-order valence-corrected chi connectivity index (χ4v) is 1.62. The molecule has 0 bridgehead atoms. The number of nitrogens with one attached hydrogen (secondary N) is 1. The Bertz CT molecular complexity index is 647. The third-order valence-electron chi connectivity index (χ3n) is 2.43. The van der Waals surface area contributed by atoms with Gasteiger partial charge in [-0.05, 0) is 24.3 Å². The molecule has 102 valence electrons. The predicted molar refractivity (Wildman–Crippen MR) is 67.6 cm³/mol. The lowest BCUT2D eigenvalue weighted by molar-refractivity contribution is -0.274. The van der Waals surface area contributed by atoms with Crippen molar-refractivity contribution in [1.82, 2.24) is 0 Å². The van der Waals surface area contributed by atoms with E-state index in [2.05, 4.69) is 10.1 Å². The standard InChI is InChI=1S/C14H9F3N2O/c15-14(16,17)20-13-8-4-3-7-12(13)19-11-6-2-1-5-10(11)9-18/h1-8,19H. The van der Waals surface area contributed by atoms with Crippen LogP contribution in [0.4, 0.5) is 24.5 Å². The summed E-state index contributed by atoms with van der Waals surface area (Å²) in [6, 6.07) is 14.1. The molecule has 0 fully saturated rings. The number of para-hydroxylation sites is 3. The van der Waals surface area contributed by atoms with Crippen LogP contribution in [0.1, 0.15) is 5.56 Å². The van der Waals surface area contributed by atoms with E-state index in [1.807, 2.05) is 6.07 Å². The van der Waals surface area contributed by atoms with Gasteiger partial charge < -0.3 is 10.1 Å². The van der Waals surface area contributed by atoms with Crippen LogP contribution in [-0.2, 0) is 0 Å². The summed E-state index contributed by atoms with van der Waals surface area (Å²) in [6.45, 7) is 0. The highest BCUT2D eigenvalue weighted by molar-refractivity contribution is 5.70. The van der Waals surface area contributed by atoms with E-state index in [0.717, 1.165) is 0 Å². The molecular weight excluding hydrogens is 269 g/mol. The fraction of sp³-hybridized carbons (Fsp3) is 0.0714. The molecule has 3 nitrogen and oxygen atoms in total. The molecule has 0 aliphatic rings. The lowest BCUT2D eigenvalue weighted by atomic mass is 10.2. The molecule has 0 amide bonds. The Balaban J connectivity index is 2.32. The van der Waals surface area contributed by atoms with Gasteiger partial charge in [0, 0.05) is 0 Å². The van der Waals surface area contributed by atoms with Gasteiger partial charge in [0.05, 0.1) is 16.9 Å². The first-order valence-electron chi connectivity index (χ1n) is 5.60. The van der Waals surface area contributed by atoms with Gasteiger partial charge >= 0.3 is 6.36 Å². The van der Waals surface area contributed by atoms with Crippen LogP contribution in [0.3, 0.4) is 0 Å². The van der Waals surface area contributed by atoms with Crippen LogP contribution in [0.2, 0.25) is 0 Å². The van der Waals surface area contributed by atoms with E-state index >= 15 is 0 Å². The van der Waals surface area contributed by atoms with Gasteiger partial charge in [-0.3, -0.25) is 0 Å². The topological polar surface area (TPSA) is 45.0 Å². The molecule has 0 heterocycles. The van der Waals surface area contributed by atoms with Crippen molar-refractivity contribution in [1.29, 1.82) is 5.26 Å². The zero-order chi connectivity index (χ0) is 14.6. The van der Waals surface area contributed by atoms with E-state index in [1.165, 1.54) is 18.2 Å². The number of anilines is 2. The second kappa shape index (κ2) is 5.53. The largest absolute Gasteiger partial charge is 0.573 e. The van der Waals surface area contributed by atoms with E-state index in [0.29, 0.717) is 11.3 Å². The Hall–Kier alpha value is -2.68. The lowest BCUT2D eigenvalue weighted by Gasteiger charge is -2.15. The quantitative estimate of drug-likeness (QED) is 0.915. The molecule has 1 N–H and O–H groups in total. The smallest absolute Gasteiger partial charge is 0.404 e. The molecule has 0 unspecified atom stereocenters. The number of benzene rings is 2. The number of hydrogen-bond donors (Lipinski definition) is 1. The highest BCUT2D eigenvalue weighted by atomic mass is 19.4. The number of alkyl halides is 3. The zero-order valence-electron chi connectivity index (χ0n) is 10.1. The van der Waals surface area contributed by atoms with E-state index in [1.54, 1.807) is 30.3 Å². The molecule has 0 aliphatic carbocycles. The normalized spacial score (nSPS) is 10.7. The van der Waals surface area contributed by atoms with Gasteiger partial charge in [0.1, 0.15) is 6.07 Å². The highest BCUT2D eigenvalue weighted by Crippen LogP contribution is 2.32. The van der Waals surface area contributed by atoms with Crippen molar-refractivity contribution in [2.75, 3.05) is 5.32 Å². The Morgan fingerprint density at radius 2 is 1.55 bits per heavy atom. The maximum atomic E-state index is 12.3. The van der Waals surface area contributed by atoms with Crippen molar-refractivity contribution < 1.29 is 17.9 Å². The van der Waals surface area contributed by atoms with Crippen molar-refractivity contribution in [2.45, 2.75) is 6.36 Å². The Morgan fingerprint density at radius 1 is 0.950 bits per heavy atom. The monoisotopic (exact) mass is 278 g/mol. The summed E-state index contributed by atoms with van der Waals surface area (Å²) in [6.07, 6.45) is -4.77. The Kier molecular flexibility index (Phi) is 3.80. The molecule has 0 saturated carbocycles. The Morgan fingerprint density at radius 3 is 2.20 bits per heavy atom. The van der Waals surface area contributed by atoms with Crippen molar-refractivity contribution in [2.24, 2.45) is 0 Å². The summed E-state index contributed by atoms with van der Waals surface area (Å²) in [4.78, 5) is 0. The van der Waals surface area contributed by atoms with Crippen LogP contribution >= 0.6 is 0 Å². The first-order valence-corrected chi connectivity index (χ1v) is 5.60. The maximum absolute atomic E-state index is 12.3. The fourth-order valence-electron chi connectivity index (χ4n) is 1.62. The molecule has 2 aromatic rings. The molecule has 6 heteroatoms. The van der Waals surface area contributed by atoms with Crippen LogP contribution < -0.4 is 10.1 Å². The number of nitriles is 1. The molecule has 2 aromatic carbocycles. The number of ether oxygens (including phenoxy) is 1. The summed E-state index contributed by atoms with van der Waals surface area (Å²) >= 11 is 0. The van der Waals surface area contributed by atoms with Crippen molar-refractivity contribution in [3.05, 3.63) is 54.1 Å². The predicted octanol–water partition coefficient (Wildman–Crippen LogP) is 4.20. The summed E-state index contributed by atoms with van der Waals surface area (Å²) in [7, 11) is 0. The van der Waals surface area contributed by atoms with Gasteiger partial charge in [-0.1, -0.05) is 24.3 Å². The third kappa shape index (κ3) is 3.42. The average Bonchev–Trinajstić information content (AvgIpc) is 2.40. The number of halogens is 3. The molecule has 0 spiro atoms. The summed E-state index contributed by atoms with van der Waals surface area (Å²) in [5.41, 5.74) is 0.870. The molecule has 0 atom stereocenters. The Labute approximate surface area is 113 Å². The molecule has 0 saturated heterocycles. The molecule has 0 aromatic heterocycles. The van der Waals surface area contributed by atoms with Crippen LogP contribution in [0.25, 0.3) is 0 Å². The molecule has 2 rings (SSSR count). The summed E-state index contributed by atoms with van der Waals surface area (Å²) in [5.74, 6) is -0.354. The van der Waals surface area contributed by atoms with Gasteiger partial charge in [0.25, 0.3) is 0 Å². The van der Waals surface area contributed by atoms with E-state index < -0.39 is 6.36 Å². The average molecular weight is 278 g/mol. The van der Waals surface area contributed by atoms with Gasteiger partial charge in [-0.2, -0.15) is 5.26 Å². The molecule has 20 heavy (non-hydrogen) atoms. The van der Waals surface area contributed by atoms with Crippen LogP contribution in [0.15, 0.2) is 48.5 Å². The maximum Gasteiger partial charge on any atom is 0.573 e. The summed E-state index contributed by atoms with van der Waals surface area (Å²) < 4.78 is 40.8. The zero-order valence-corrected chi connectivity index (χ0v) is 10.1. The highest BCUT2D eigenvalue weighted by Gasteiger charge is 2.32. The van der Waals surface area contributed by atoms with Crippen LogP contribution in [0.5, 0.6) is 5.75 Å². The molecule has 0 radical (unpaired) electrons. The van der Waals surface area contributed by atoms with Gasteiger partial charge in [0.2, 0.25) is 0 Å². The molecular formula is C14H9F3N2O. The van der Waals surface area contributed by atoms with E-state index in [9.17, 15) is 13.2 Å². The second-order valence-corrected chi connectivity index (χ2v) is 3.83. The van der Waals surface area contributed by atoms with Gasteiger partial charge in [0.15, 0.2) is 5.75 Å². The van der Waals surface area contributed by atoms with Crippen molar-refractivity contribution >= 4 is 11.4 Å². The summed E-state index contributed by atoms with van der Waals surface area (Å²) in [5, 5.41) is 11.7. The van der Waals surface area contributed by atoms with E-state index in [4.69, 9.17) is 5.26 Å². The third-order valence-corrected chi connectivity index (χ3v) is 2.43. The first kappa shape index (κ1) is 13.7. The second-order valence-electron chi connectivity index (χ2n) is 3.83.